The Bertz CT molecular complexity index is 192. The molecule has 6 heteroatoms. The summed E-state index contributed by atoms with van der Waals surface area (Å²) >= 11 is 4.57. The Morgan fingerprint density at radius 2 is 2.08 bits per heavy atom. The zero-order valence-electron chi connectivity index (χ0n) is 6.27. The summed E-state index contributed by atoms with van der Waals surface area (Å²) in [5.41, 5.74) is 5.19. The van der Waals surface area contributed by atoms with Gasteiger partial charge in [-0.3, -0.25) is 0 Å². The number of halogens is 3. The van der Waals surface area contributed by atoms with E-state index < -0.39 is 12.1 Å². The van der Waals surface area contributed by atoms with Crippen molar-refractivity contribution in [1.29, 1.82) is 0 Å². The maximum Gasteiger partial charge on any atom is 0.393 e. The number of rotatable bonds is 0. The van der Waals surface area contributed by atoms with Gasteiger partial charge in [0.05, 0.1) is 5.92 Å². The van der Waals surface area contributed by atoms with E-state index in [1.807, 2.05) is 0 Å². The lowest BCUT2D eigenvalue weighted by Gasteiger charge is -2.17. The van der Waals surface area contributed by atoms with Crippen molar-refractivity contribution in [3.8, 4) is 0 Å². The Balaban J connectivity index is 2.51. The minimum absolute atomic E-state index is 0.0572. The molecule has 2 nitrogen and oxygen atoms in total. The van der Waals surface area contributed by atoms with Crippen molar-refractivity contribution in [3.63, 3.8) is 0 Å². The molecule has 0 aliphatic carbocycles. The Morgan fingerprint density at radius 3 is 2.33 bits per heavy atom. The zero-order valence-corrected chi connectivity index (χ0v) is 7.08. The van der Waals surface area contributed by atoms with E-state index in [0.29, 0.717) is 6.54 Å². The average molecular weight is 198 g/mol. The monoisotopic (exact) mass is 198 g/mol. The summed E-state index contributed by atoms with van der Waals surface area (Å²) in [6.07, 6.45) is -4.01. The second-order valence-electron chi connectivity index (χ2n) is 2.81. The first kappa shape index (κ1) is 9.57. The van der Waals surface area contributed by atoms with E-state index in [0.717, 1.165) is 0 Å². The Labute approximate surface area is 73.5 Å². The van der Waals surface area contributed by atoms with Crippen molar-refractivity contribution in [2.75, 3.05) is 13.1 Å². The minimum atomic E-state index is -4.11. The van der Waals surface area contributed by atoms with Gasteiger partial charge in [-0.25, -0.2) is 0 Å². The van der Waals surface area contributed by atoms with Crippen molar-refractivity contribution < 1.29 is 13.2 Å². The summed E-state index contributed by atoms with van der Waals surface area (Å²) in [4.78, 5) is 1.38. The summed E-state index contributed by atoms with van der Waals surface area (Å²) in [5, 5.41) is 0.0572. The van der Waals surface area contributed by atoms with E-state index >= 15 is 0 Å². The smallest absolute Gasteiger partial charge is 0.376 e. The predicted octanol–water partition coefficient (Wildman–Crippen LogP) is 1.11. The quantitative estimate of drug-likeness (QED) is 0.591. The van der Waals surface area contributed by atoms with Gasteiger partial charge >= 0.3 is 6.18 Å². The molecule has 1 unspecified atom stereocenters. The van der Waals surface area contributed by atoms with E-state index in [2.05, 4.69) is 12.2 Å². The summed E-state index contributed by atoms with van der Waals surface area (Å²) in [6, 6.07) is 0. The first-order chi connectivity index (χ1) is 5.41. The molecule has 1 atom stereocenters. The number of hydrogen-bond donors (Lipinski definition) is 1. The van der Waals surface area contributed by atoms with Crippen LogP contribution in [0.2, 0.25) is 0 Å². The molecule has 0 aromatic carbocycles. The highest BCUT2D eigenvalue weighted by Crippen LogP contribution is 2.33. The molecule has 0 saturated carbocycles. The van der Waals surface area contributed by atoms with Gasteiger partial charge in [0.25, 0.3) is 0 Å². The first-order valence-electron chi connectivity index (χ1n) is 3.52. The highest BCUT2D eigenvalue weighted by atomic mass is 32.1. The van der Waals surface area contributed by atoms with Crippen LogP contribution in [0.4, 0.5) is 13.2 Å². The van der Waals surface area contributed by atoms with Gasteiger partial charge in [0, 0.05) is 13.1 Å². The average Bonchev–Trinajstić information content (AvgIpc) is 2.30. The normalized spacial score (nSPS) is 24.6. The van der Waals surface area contributed by atoms with E-state index in [-0.39, 0.29) is 18.1 Å². The second kappa shape index (κ2) is 3.08. The van der Waals surface area contributed by atoms with Gasteiger partial charge < -0.3 is 10.6 Å². The first-order valence-corrected chi connectivity index (χ1v) is 3.93. The third kappa shape index (κ3) is 2.00. The van der Waals surface area contributed by atoms with E-state index in [4.69, 9.17) is 5.73 Å². The third-order valence-electron chi connectivity index (χ3n) is 1.96. The predicted molar refractivity (Wildman–Crippen MR) is 42.5 cm³/mol. The fourth-order valence-electron chi connectivity index (χ4n) is 1.23. The molecular weight excluding hydrogens is 189 g/mol. The highest BCUT2D eigenvalue weighted by Gasteiger charge is 2.43. The van der Waals surface area contributed by atoms with Crippen LogP contribution in [0.3, 0.4) is 0 Å². The van der Waals surface area contributed by atoms with Crippen LogP contribution in [-0.2, 0) is 0 Å². The molecule has 1 fully saturated rings. The molecule has 1 heterocycles. The van der Waals surface area contributed by atoms with Gasteiger partial charge in [-0.1, -0.05) is 0 Å². The van der Waals surface area contributed by atoms with Gasteiger partial charge in [-0.05, 0) is 18.6 Å². The molecule has 1 saturated heterocycles. The maximum absolute atomic E-state index is 12.1. The molecule has 0 aromatic heterocycles. The summed E-state index contributed by atoms with van der Waals surface area (Å²) < 4.78 is 36.3. The van der Waals surface area contributed by atoms with Crippen LogP contribution < -0.4 is 5.73 Å². The number of nitrogens with two attached hydrogens (primary N) is 1. The lowest BCUT2D eigenvalue weighted by molar-refractivity contribution is -0.169. The van der Waals surface area contributed by atoms with E-state index in [1.165, 1.54) is 4.90 Å². The molecule has 1 aliphatic heterocycles. The second-order valence-corrected chi connectivity index (χ2v) is 3.23. The molecule has 0 aromatic rings. The fraction of sp³-hybridized carbons (Fsp3) is 0.833. The summed E-state index contributed by atoms with van der Waals surface area (Å²) in [5.74, 6) is -1.26. The third-order valence-corrected chi connectivity index (χ3v) is 2.22. The van der Waals surface area contributed by atoms with Crippen LogP contribution >= 0.6 is 12.2 Å². The number of alkyl halides is 3. The molecule has 0 bridgehead atoms. The zero-order chi connectivity index (χ0) is 9.35. The number of likely N-dealkylation sites (tertiary alicyclic amines) is 1. The standard InChI is InChI=1S/C6H9F3N2S/c7-6(8,9)4-1-2-11(3-4)5(10)12/h4H,1-3H2,(H2,10,12). The minimum Gasteiger partial charge on any atom is -0.376 e. The van der Waals surface area contributed by atoms with Gasteiger partial charge in [-0.15, -0.1) is 0 Å². The van der Waals surface area contributed by atoms with Gasteiger partial charge in [0.2, 0.25) is 0 Å². The van der Waals surface area contributed by atoms with Crippen LogP contribution in [0, 0.1) is 5.92 Å². The molecule has 1 rings (SSSR count). The van der Waals surface area contributed by atoms with Crippen LogP contribution in [0.1, 0.15) is 6.42 Å². The van der Waals surface area contributed by atoms with Crippen molar-refractivity contribution in [1.82, 2.24) is 4.90 Å². The topological polar surface area (TPSA) is 29.3 Å². The van der Waals surface area contributed by atoms with Gasteiger partial charge in [-0.2, -0.15) is 13.2 Å². The lowest BCUT2D eigenvalue weighted by atomic mass is 10.1. The SMILES string of the molecule is NC(=S)N1CCC(C(F)(F)F)C1. The molecule has 0 spiro atoms. The molecule has 12 heavy (non-hydrogen) atoms. The summed E-state index contributed by atoms with van der Waals surface area (Å²) in [6.45, 7) is 0.234. The maximum atomic E-state index is 12.1. The van der Waals surface area contributed by atoms with Gasteiger partial charge in [0.1, 0.15) is 0 Å². The van der Waals surface area contributed by atoms with Crippen molar-refractivity contribution in [3.05, 3.63) is 0 Å². The van der Waals surface area contributed by atoms with Crippen molar-refractivity contribution in [2.45, 2.75) is 12.6 Å². The van der Waals surface area contributed by atoms with Crippen LogP contribution in [-0.4, -0.2) is 29.3 Å². The van der Waals surface area contributed by atoms with Crippen LogP contribution in [0.5, 0.6) is 0 Å². The van der Waals surface area contributed by atoms with E-state index in [1.54, 1.807) is 0 Å². The molecule has 1 aliphatic rings. The lowest BCUT2D eigenvalue weighted by Crippen LogP contribution is -2.35. The molecule has 0 radical (unpaired) electrons. The van der Waals surface area contributed by atoms with Crippen molar-refractivity contribution in [2.24, 2.45) is 11.7 Å². The fourth-order valence-corrected chi connectivity index (χ4v) is 1.39. The number of hydrogen-bond acceptors (Lipinski definition) is 1. The van der Waals surface area contributed by atoms with Gasteiger partial charge in [0.15, 0.2) is 5.11 Å². The van der Waals surface area contributed by atoms with E-state index in [9.17, 15) is 13.2 Å². The van der Waals surface area contributed by atoms with Crippen LogP contribution in [0.25, 0.3) is 0 Å². The van der Waals surface area contributed by atoms with Crippen LogP contribution in [0.15, 0.2) is 0 Å². The molecular formula is C6H9F3N2S. The Kier molecular flexibility index (Phi) is 2.46. The van der Waals surface area contributed by atoms with Crippen molar-refractivity contribution >= 4 is 17.3 Å². The Morgan fingerprint density at radius 1 is 1.50 bits per heavy atom. The number of thiocarbonyl (C=S) groups is 1. The largest absolute Gasteiger partial charge is 0.393 e. The molecule has 0 amide bonds. The molecule has 2 N–H and O–H groups in total. The summed E-state index contributed by atoms with van der Waals surface area (Å²) in [7, 11) is 0. The molecule has 70 valence electrons. The number of nitrogens with zero attached hydrogens (tertiary/aromatic N) is 1. The highest BCUT2D eigenvalue weighted by molar-refractivity contribution is 7.80. The Hall–Kier alpha value is -0.520.